The van der Waals surface area contributed by atoms with Crippen molar-refractivity contribution in [1.82, 2.24) is 10.2 Å². The van der Waals surface area contributed by atoms with Crippen LogP contribution >= 0.6 is 27.3 Å². The summed E-state index contributed by atoms with van der Waals surface area (Å²) in [5.41, 5.74) is 0. The van der Waals surface area contributed by atoms with Crippen molar-refractivity contribution in [2.45, 2.75) is 13.0 Å². The lowest BCUT2D eigenvalue weighted by Gasteiger charge is -2.32. The van der Waals surface area contributed by atoms with Crippen molar-refractivity contribution in [1.29, 1.82) is 0 Å². The predicted molar refractivity (Wildman–Crippen MR) is 64.9 cm³/mol. The molecular formula is C10H15BrN2S. The Morgan fingerprint density at radius 3 is 2.79 bits per heavy atom. The van der Waals surface area contributed by atoms with Crippen molar-refractivity contribution in [2.24, 2.45) is 0 Å². The van der Waals surface area contributed by atoms with Crippen molar-refractivity contribution in [2.75, 3.05) is 26.2 Å². The zero-order valence-corrected chi connectivity index (χ0v) is 10.7. The van der Waals surface area contributed by atoms with E-state index in [1.54, 1.807) is 0 Å². The summed E-state index contributed by atoms with van der Waals surface area (Å²) in [6, 6.07) is 2.80. The van der Waals surface area contributed by atoms with Crippen LogP contribution in [-0.2, 0) is 0 Å². The first-order valence-corrected chi connectivity index (χ1v) is 6.63. The van der Waals surface area contributed by atoms with Gasteiger partial charge in [0.25, 0.3) is 0 Å². The highest BCUT2D eigenvalue weighted by Crippen LogP contribution is 2.29. The van der Waals surface area contributed by atoms with Gasteiger partial charge in [-0.15, -0.1) is 11.3 Å². The molecule has 14 heavy (non-hydrogen) atoms. The van der Waals surface area contributed by atoms with Gasteiger partial charge in [-0.2, -0.15) is 0 Å². The average Bonchev–Trinajstić information content (AvgIpc) is 2.65. The lowest BCUT2D eigenvalue weighted by atomic mass is 10.2. The molecular weight excluding hydrogens is 260 g/mol. The molecule has 0 saturated carbocycles. The molecule has 1 aliphatic heterocycles. The molecule has 2 heterocycles. The standard InChI is InChI=1S/C10H15BrN2S/c1-8(10-6-9(11)7-14-10)13-4-2-12-3-5-13/h6-8,12H,2-5H2,1H3. The minimum atomic E-state index is 0.563. The quantitative estimate of drug-likeness (QED) is 0.892. The Labute approximate surface area is 97.4 Å². The Morgan fingerprint density at radius 1 is 1.50 bits per heavy atom. The van der Waals surface area contributed by atoms with E-state index in [4.69, 9.17) is 0 Å². The van der Waals surface area contributed by atoms with Gasteiger partial charge in [0.2, 0.25) is 0 Å². The first-order chi connectivity index (χ1) is 6.77. The molecule has 0 amide bonds. The zero-order valence-electron chi connectivity index (χ0n) is 8.29. The van der Waals surface area contributed by atoms with Crippen molar-refractivity contribution < 1.29 is 0 Å². The predicted octanol–water partition coefficient (Wildman–Crippen LogP) is 2.48. The molecule has 78 valence electrons. The van der Waals surface area contributed by atoms with E-state index >= 15 is 0 Å². The molecule has 1 fully saturated rings. The summed E-state index contributed by atoms with van der Waals surface area (Å²) >= 11 is 5.35. The van der Waals surface area contributed by atoms with Gasteiger partial charge in [-0.1, -0.05) is 0 Å². The van der Waals surface area contributed by atoms with Crippen LogP contribution in [0.15, 0.2) is 15.9 Å². The third-order valence-electron chi connectivity index (χ3n) is 2.70. The molecule has 0 bridgehead atoms. The number of halogens is 1. The number of piperazine rings is 1. The fourth-order valence-corrected chi connectivity index (χ4v) is 3.33. The highest BCUT2D eigenvalue weighted by Gasteiger charge is 2.18. The lowest BCUT2D eigenvalue weighted by Crippen LogP contribution is -2.44. The molecule has 4 heteroatoms. The van der Waals surface area contributed by atoms with E-state index < -0.39 is 0 Å². The summed E-state index contributed by atoms with van der Waals surface area (Å²) in [5.74, 6) is 0. The fourth-order valence-electron chi connectivity index (χ4n) is 1.80. The first-order valence-electron chi connectivity index (χ1n) is 4.96. The second-order valence-electron chi connectivity index (χ2n) is 3.63. The van der Waals surface area contributed by atoms with Gasteiger partial charge >= 0.3 is 0 Å². The molecule has 1 N–H and O–H groups in total. The summed E-state index contributed by atoms with van der Waals surface area (Å²) in [6.45, 7) is 6.87. The summed E-state index contributed by atoms with van der Waals surface area (Å²) in [5, 5.41) is 5.54. The summed E-state index contributed by atoms with van der Waals surface area (Å²) in [4.78, 5) is 3.99. The van der Waals surface area contributed by atoms with Gasteiger partial charge in [-0.05, 0) is 28.9 Å². The van der Waals surface area contributed by atoms with Crippen LogP contribution in [0.25, 0.3) is 0 Å². The Bertz CT molecular complexity index is 294. The topological polar surface area (TPSA) is 15.3 Å². The molecule has 0 spiro atoms. The minimum Gasteiger partial charge on any atom is -0.314 e. The van der Waals surface area contributed by atoms with Gasteiger partial charge in [-0.3, -0.25) is 4.90 Å². The zero-order chi connectivity index (χ0) is 9.97. The van der Waals surface area contributed by atoms with E-state index in [9.17, 15) is 0 Å². The third-order valence-corrected chi connectivity index (χ3v) is 4.56. The van der Waals surface area contributed by atoms with E-state index in [0.29, 0.717) is 6.04 Å². The van der Waals surface area contributed by atoms with Crippen LogP contribution < -0.4 is 5.32 Å². The molecule has 1 aromatic rings. The van der Waals surface area contributed by atoms with Crippen LogP contribution in [0.2, 0.25) is 0 Å². The number of hydrogen-bond donors (Lipinski definition) is 1. The van der Waals surface area contributed by atoms with Crippen LogP contribution in [0.1, 0.15) is 17.8 Å². The van der Waals surface area contributed by atoms with E-state index in [1.807, 2.05) is 11.3 Å². The van der Waals surface area contributed by atoms with Crippen molar-refractivity contribution >= 4 is 27.3 Å². The second-order valence-corrected chi connectivity index (χ2v) is 5.49. The summed E-state index contributed by atoms with van der Waals surface area (Å²) < 4.78 is 1.21. The molecule has 2 rings (SSSR count). The van der Waals surface area contributed by atoms with Crippen LogP contribution in [0.3, 0.4) is 0 Å². The molecule has 1 saturated heterocycles. The summed E-state index contributed by atoms with van der Waals surface area (Å²) in [6.07, 6.45) is 0. The molecule has 1 unspecified atom stereocenters. The molecule has 0 radical (unpaired) electrons. The van der Waals surface area contributed by atoms with Crippen LogP contribution in [0, 0.1) is 0 Å². The number of rotatable bonds is 2. The summed E-state index contributed by atoms with van der Waals surface area (Å²) in [7, 11) is 0. The van der Waals surface area contributed by atoms with E-state index in [1.165, 1.54) is 9.35 Å². The van der Waals surface area contributed by atoms with Gasteiger partial charge in [0.05, 0.1) is 0 Å². The molecule has 0 aromatic carbocycles. The first kappa shape index (κ1) is 10.6. The number of nitrogens with one attached hydrogen (secondary N) is 1. The molecule has 0 aliphatic carbocycles. The van der Waals surface area contributed by atoms with Crippen LogP contribution in [0.5, 0.6) is 0 Å². The number of nitrogens with zero attached hydrogens (tertiary/aromatic N) is 1. The Balaban J connectivity index is 2.03. The van der Waals surface area contributed by atoms with Crippen LogP contribution in [-0.4, -0.2) is 31.1 Å². The SMILES string of the molecule is CC(c1cc(Br)cs1)N1CCNCC1. The van der Waals surface area contributed by atoms with Crippen molar-refractivity contribution in [3.8, 4) is 0 Å². The Hall–Kier alpha value is 0.1000. The molecule has 1 atom stereocenters. The average molecular weight is 275 g/mol. The monoisotopic (exact) mass is 274 g/mol. The van der Waals surface area contributed by atoms with Gasteiger partial charge < -0.3 is 5.32 Å². The largest absolute Gasteiger partial charge is 0.314 e. The maximum absolute atomic E-state index is 3.50. The molecule has 1 aliphatic rings. The normalized spacial score (nSPS) is 21.0. The maximum atomic E-state index is 3.50. The van der Waals surface area contributed by atoms with Gasteiger partial charge in [0.15, 0.2) is 0 Å². The van der Waals surface area contributed by atoms with Gasteiger partial charge in [0.1, 0.15) is 0 Å². The second kappa shape index (κ2) is 4.75. The number of thiophene rings is 1. The third kappa shape index (κ3) is 2.37. The lowest BCUT2D eigenvalue weighted by molar-refractivity contribution is 0.188. The van der Waals surface area contributed by atoms with Crippen LogP contribution in [0.4, 0.5) is 0 Å². The van der Waals surface area contributed by atoms with Gasteiger partial charge in [-0.25, -0.2) is 0 Å². The molecule has 2 nitrogen and oxygen atoms in total. The maximum Gasteiger partial charge on any atom is 0.0414 e. The van der Waals surface area contributed by atoms with E-state index in [-0.39, 0.29) is 0 Å². The smallest absolute Gasteiger partial charge is 0.0414 e. The minimum absolute atomic E-state index is 0.563. The highest BCUT2D eigenvalue weighted by molar-refractivity contribution is 9.10. The Morgan fingerprint density at radius 2 is 2.21 bits per heavy atom. The number of hydrogen-bond acceptors (Lipinski definition) is 3. The van der Waals surface area contributed by atoms with E-state index in [2.05, 4.69) is 44.5 Å². The van der Waals surface area contributed by atoms with Crippen molar-refractivity contribution in [3.63, 3.8) is 0 Å². The molecule has 1 aromatic heterocycles. The van der Waals surface area contributed by atoms with E-state index in [0.717, 1.165) is 26.2 Å². The fraction of sp³-hybridized carbons (Fsp3) is 0.600. The highest BCUT2D eigenvalue weighted by atomic mass is 79.9. The Kier molecular flexibility index (Phi) is 3.60. The van der Waals surface area contributed by atoms with Crippen molar-refractivity contribution in [3.05, 3.63) is 20.8 Å². The van der Waals surface area contributed by atoms with Gasteiger partial charge in [0, 0.05) is 47.0 Å².